The number of non-ortho nitro benzene ring substituents is 1. The number of ether oxygens (including phenoxy) is 1. The van der Waals surface area contributed by atoms with Crippen LogP contribution in [-0.4, -0.2) is 22.6 Å². The second-order valence-corrected chi connectivity index (χ2v) is 3.99. The second kappa shape index (κ2) is 5.03. The Balaban J connectivity index is 2.37. The minimum atomic E-state index is -1.07. The normalized spacial score (nSPS) is 18.4. The van der Waals surface area contributed by atoms with Crippen molar-refractivity contribution in [2.24, 2.45) is 0 Å². The van der Waals surface area contributed by atoms with Crippen molar-refractivity contribution in [3.8, 4) is 0 Å². The third-order valence-corrected chi connectivity index (χ3v) is 2.90. The van der Waals surface area contributed by atoms with Crippen molar-refractivity contribution in [3.05, 3.63) is 63.7 Å². The molecule has 0 saturated carbocycles. The molecular formula is C13H11NO5. The van der Waals surface area contributed by atoms with Gasteiger partial charge in [0.15, 0.2) is 0 Å². The fourth-order valence-corrected chi connectivity index (χ4v) is 1.95. The van der Waals surface area contributed by atoms with Gasteiger partial charge in [-0.1, -0.05) is 12.7 Å². The van der Waals surface area contributed by atoms with Crippen LogP contribution in [0, 0.1) is 10.1 Å². The summed E-state index contributed by atoms with van der Waals surface area (Å²) in [7, 11) is 0. The van der Waals surface area contributed by atoms with Crippen LogP contribution in [0.25, 0.3) is 0 Å². The highest BCUT2D eigenvalue weighted by Gasteiger charge is 2.31. The van der Waals surface area contributed by atoms with Crippen molar-refractivity contribution < 1.29 is 19.6 Å². The summed E-state index contributed by atoms with van der Waals surface area (Å²) in [5.41, 5.74) is 1.17. The second-order valence-electron chi connectivity index (χ2n) is 3.99. The maximum absolute atomic E-state index is 11.2. The van der Waals surface area contributed by atoms with Crippen LogP contribution in [0.2, 0.25) is 0 Å². The minimum Gasteiger partial charge on any atom is -0.478 e. The molecule has 0 amide bonds. The molecule has 98 valence electrons. The molecule has 1 aliphatic rings. The van der Waals surface area contributed by atoms with Crippen LogP contribution >= 0.6 is 0 Å². The maximum atomic E-state index is 11.2. The number of aliphatic carboxylic acids is 1. The number of carbonyl (C=O) groups is 1. The van der Waals surface area contributed by atoms with Crippen LogP contribution < -0.4 is 0 Å². The molecule has 1 aromatic rings. The molecule has 0 saturated heterocycles. The van der Waals surface area contributed by atoms with Gasteiger partial charge in [-0.3, -0.25) is 10.1 Å². The van der Waals surface area contributed by atoms with Gasteiger partial charge in [-0.15, -0.1) is 0 Å². The summed E-state index contributed by atoms with van der Waals surface area (Å²) in [6, 6.07) is 5.64. The van der Waals surface area contributed by atoms with Crippen molar-refractivity contribution in [2.45, 2.75) is 6.10 Å². The van der Waals surface area contributed by atoms with Crippen molar-refractivity contribution in [1.82, 2.24) is 0 Å². The molecule has 0 aromatic heterocycles. The Hall–Kier alpha value is -2.47. The first-order valence-corrected chi connectivity index (χ1v) is 5.49. The fourth-order valence-electron chi connectivity index (χ4n) is 1.95. The lowest BCUT2D eigenvalue weighted by atomic mass is 9.99. The summed E-state index contributed by atoms with van der Waals surface area (Å²) in [5.74, 6) is -1.07. The molecule has 0 bridgehead atoms. The Morgan fingerprint density at radius 2 is 2.11 bits per heavy atom. The monoisotopic (exact) mass is 261 g/mol. The fraction of sp³-hybridized carbons (Fsp3) is 0.154. The molecule has 0 fully saturated rings. The van der Waals surface area contributed by atoms with Gasteiger partial charge in [-0.2, -0.15) is 0 Å². The summed E-state index contributed by atoms with van der Waals surface area (Å²) in [5, 5.41) is 19.8. The van der Waals surface area contributed by atoms with E-state index in [0.717, 1.165) is 0 Å². The number of rotatable bonds is 4. The van der Waals surface area contributed by atoms with E-state index in [2.05, 4.69) is 6.58 Å². The first-order chi connectivity index (χ1) is 9.04. The Morgan fingerprint density at radius 1 is 1.47 bits per heavy atom. The number of carboxylic acids is 1. The smallest absolute Gasteiger partial charge is 0.334 e. The highest BCUT2D eigenvalue weighted by atomic mass is 16.6. The topological polar surface area (TPSA) is 89.7 Å². The van der Waals surface area contributed by atoms with Gasteiger partial charge in [-0.05, 0) is 23.3 Å². The molecule has 1 unspecified atom stereocenters. The van der Waals surface area contributed by atoms with Gasteiger partial charge >= 0.3 is 5.97 Å². The number of carboxylic acid groups (broad SMARTS) is 1. The molecule has 0 spiro atoms. The zero-order chi connectivity index (χ0) is 14.0. The van der Waals surface area contributed by atoms with Crippen LogP contribution in [0.15, 0.2) is 48.1 Å². The predicted molar refractivity (Wildman–Crippen MR) is 66.6 cm³/mol. The molecule has 2 rings (SSSR count). The van der Waals surface area contributed by atoms with Gasteiger partial charge in [0, 0.05) is 12.1 Å². The van der Waals surface area contributed by atoms with E-state index >= 15 is 0 Å². The van der Waals surface area contributed by atoms with E-state index in [4.69, 9.17) is 4.74 Å². The first kappa shape index (κ1) is 13.0. The Bertz CT molecular complexity index is 573. The molecule has 1 aromatic carbocycles. The van der Waals surface area contributed by atoms with Gasteiger partial charge in [0.1, 0.15) is 6.10 Å². The summed E-state index contributed by atoms with van der Waals surface area (Å²) >= 11 is 0. The van der Waals surface area contributed by atoms with Gasteiger partial charge in [0.2, 0.25) is 0 Å². The van der Waals surface area contributed by atoms with Crippen LogP contribution in [0.1, 0.15) is 11.7 Å². The predicted octanol–water partition coefficient (Wildman–Crippen LogP) is 2.23. The number of nitrogens with zero attached hydrogens (tertiary/aromatic N) is 1. The van der Waals surface area contributed by atoms with Crippen molar-refractivity contribution in [3.63, 3.8) is 0 Å². The van der Waals surface area contributed by atoms with E-state index in [1.807, 2.05) is 0 Å². The highest BCUT2D eigenvalue weighted by molar-refractivity contribution is 5.90. The third-order valence-electron chi connectivity index (χ3n) is 2.90. The maximum Gasteiger partial charge on any atom is 0.334 e. The van der Waals surface area contributed by atoms with E-state index < -0.39 is 17.0 Å². The molecular weight excluding hydrogens is 250 g/mol. The van der Waals surface area contributed by atoms with Crippen molar-refractivity contribution in [2.75, 3.05) is 6.61 Å². The zero-order valence-corrected chi connectivity index (χ0v) is 9.91. The number of nitro benzene ring substituents is 1. The molecule has 1 heterocycles. The van der Waals surface area contributed by atoms with E-state index in [9.17, 15) is 20.0 Å². The van der Waals surface area contributed by atoms with Crippen LogP contribution in [-0.2, 0) is 9.53 Å². The van der Waals surface area contributed by atoms with Gasteiger partial charge in [-0.25, -0.2) is 4.79 Å². The average molecular weight is 261 g/mol. The van der Waals surface area contributed by atoms with Crippen LogP contribution in [0.3, 0.4) is 0 Å². The molecule has 19 heavy (non-hydrogen) atoms. The quantitative estimate of drug-likeness (QED) is 0.663. The molecule has 1 atom stereocenters. The van der Waals surface area contributed by atoms with Gasteiger partial charge in [0.05, 0.1) is 17.1 Å². The van der Waals surface area contributed by atoms with Gasteiger partial charge < -0.3 is 9.84 Å². The Morgan fingerprint density at radius 3 is 2.58 bits per heavy atom. The first-order valence-electron chi connectivity index (χ1n) is 5.49. The lowest BCUT2D eigenvalue weighted by Gasteiger charge is -2.11. The molecule has 0 aliphatic carbocycles. The summed E-state index contributed by atoms with van der Waals surface area (Å²) < 4.78 is 5.42. The molecule has 1 N–H and O–H groups in total. The number of nitro groups is 1. The lowest BCUT2D eigenvalue weighted by molar-refractivity contribution is -0.384. The van der Waals surface area contributed by atoms with Crippen molar-refractivity contribution in [1.29, 1.82) is 0 Å². The van der Waals surface area contributed by atoms with Crippen molar-refractivity contribution >= 4 is 11.7 Å². The van der Waals surface area contributed by atoms with E-state index in [1.54, 1.807) is 0 Å². The van der Waals surface area contributed by atoms with E-state index in [0.29, 0.717) is 11.1 Å². The SMILES string of the molecule is C=CC1=C(C(=O)O)C(c2ccc([N+](=O)[O-])cc2)OC1. The Kier molecular flexibility index (Phi) is 3.43. The summed E-state index contributed by atoms with van der Waals surface area (Å²) in [4.78, 5) is 21.3. The highest BCUT2D eigenvalue weighted by Crippen LogP contribution is 2.35. The van der Waals surface area contributed by atoms with E-state index in [1.165, 1.54) is 30.3 Å². The van der Waals surface area contributed by atoms with Crippen LogP contribution in [0.4, 0.5) is 5.69 Å². The minimum absolute atomic E-state index is 0.0495. The van der Waals surface area contributed by atoms with Crippen LogP contribution in [0.5, 0.6) is 0 Å². The number of hydrogen-bond acceptors (Lipinski definition) is 4. The summed E-state index contributed by atoms with van der Waals surface area (Å²) in [6.45, 7) is 3.72. The zero-order valence-electron chi connectivity index (χ0n) is 9.91. The summed E-state index contributed by atoms with van der Waals surface area (Å²) in [6.07, 6.45) is 0.737. The standard InChI is InChI=1S/C13H11NO5/c1-2-8-7-19-12(11(8)13(15)16)9-3-5-10(6-4-9)14(17)18/h2-6,12H,1,7H2,(H,15,16). The lowest BCUT2D eigenvalue weighted by Crippen LogP contribution is -2.09. The average Bonchev–Trinajstić information content (AvgIpc) is 2.82. The molecule has 6 nitrogen and oxygen atoms in total. The Labute approximate surface area is 108 Å². The number of benzene rings is 1. The number of hydrogen-bond donors (Lipinski definition) is 1. The molecule has 0 radical (unpaired) electrons. The third kappa shape index (κ3) is 2.38. The largest absolute Gasteiger partial charge is 0.478 e. The van der Waals surface area contributed by atoms with Gasteiger partial charge in [0.25, 0.3) is 5.69 Å². The van der Waals surface area contributed by atoms with E-state index in [-0.39, 0.29) is 17.9 Å². The molecule has 6 heteroatoms. The molecule has 1 aliphatic heterocycles.